The lowest BCUT2D eigenvalue weighted by atomic mass is 9.93. The number of para-hydroxylation sites is 3. The molecule has 0 atom stereocenters. The number of hydrogen-bond acceptors (Lipinski definition) is 3. The maximum atomic E-state index is 10.2. The maximum Gasteiger partial charge on any atom is 0.147 e. The van der Waals surface area contributed by atoms with Crippen LogP contribution in [0.4, 0.5) is 0 Å². The number of fused-ring (bicyclic) bond motifs is 2. The summed E-state index contributed by atoms with van der Waals surface area (Å²) in [4.78, 5) is 14.1. The van der Waals surface area contributed by atoms with Gasteiger partial charge >= 0.3 is 0 Å². The van der Waals surface area contributed by atoms with Crippen molar-refractivity contribution in [1.82, 2.24) is 19.5 Å². The molecular formula is C47H33N5. The van der Waals surface area contributed by atoms with Gasteiger partial charge in [0.25, 0.3) is 0 Å². The zero-order valence-electron chi connectivity index (χ0n) is 28.8. The highest BCUT2D eigenvalue weighted by molar-refractivity contribution is 6.01. The summed E-state index contributed by atoms with van der Waals surface area (Å²) >= 11 is 0. The number of aryl methyl sites for hydroxylation is 2. The van der Waals surface area contributed by atoms with Gasteiger partial charge in [-0.15, -0.1) is 0 Å². The van der Waals surface area contributed by atoms with Gasteiger partial charge in [-0.1, -0.05) is 103 Å². The Bertz CT molecular complexity index is 2800. The number of pyridine rings is 1. The number of imidazole rings is 1. The number of hydrogen-bond donors (Lipinski definition) is 1. The molecular weight excluding hydrogens is 635 g/mol. The van der Waals surface area contributed by atoms with Gasteiger partial charge in [0.05, 0.1) is 33.9 Å². The predicted molar refractivity (Wildman–Crippen MR) is 212 cm³/mol. The summed E-state index contributed by atoms with van der Waals surface area (Å²) in [5, 5.41) is 11.4. The molecule has 52 heavy (non-hydrogen) atoms. The SMILES string of the molecule is Cc1[nH]c2c(-c3nc4c(-c5cc(-c6ccccc6)cc(-c6cc(C#N)c(-c7ccccc7)cn6)c5)cccc4n3-c3ccccc3)cccc2c1C. The molecule has 0 aliphatic rings. The van der Waals surface area contributed by atoms with E-state index in [0.717, 1.165) is 84.0 Å². The molecule has 0 spiro atoms. The lowest BCUT2D eigenvalue weighted by Crippen LogP contribution is -1.97. The van der Waals surface area contributed by atoms with Crippen LogP contribution >= 0.6 is 0 Å². The van der Waals surface area contributed by atoms with Crippen LogP contribution in [0.15, 0.2) is 158 Å². The molecule has 0 bridgehead atoms. The summed E-state index contributed by atoms with van der Waals surface area (Å²) in [5.74, 6) is 0.872. The first-order chi connectivity index (χ1) is 25.6. The van der Waals surface area contributed by atoms with Crippen LogP contribution in [0.25, 0.3) is 83.6 Å². The van der Waals surface area contributed by atoms with Gasteiger partial charge in [-0.2, -0.15) is 5.26 Å². The molecule has 3 aromatic heterocycles. The lowest BCUT2D eigenvalue weighted by Gasteiger charge is -2.13. The number of nitrogens with zero attached hydrogens (tertiary/aromatic N) is 4. The maximum absolute atomic E-state index is 10.2. The van der Waals surface area contributed by atoms with E-state index in [1.807, 2.05) is 54.7 Å². The average molecular weight is 668 g/mol. The first-order valence-electron chi connectivity index (χ1n) is 17.4. The quantitative estimate of drug-likeness (QED) is 0.192. The van der Waals surface area contributed by atoms with Crippen molar-refractivity contribution in [1.29, 1.82) is 5.26 Å². The zero-order chi connectivity index (χ0) is 35.2. The highest BCUT2D eigenvalue weighted by Gasteiger charge is 2.21. The molecule has 5 nitrogen and oxygen atoms in total. The molecule has 0 unspecified atom stereocenters. The Hall–Kier alpha value is -7.03. The largest absolute Gasteiger partial charge is 0.358 e. The van der Waals surface area contributed by atoms with Crippen LogP contribution in [0.2, 0.25) is 0 Å². The van der Waals surface area contributed by atoms with Gasteiger partial charge < -0.3 is 4.98 Å². The molecule has 0 saturated heterocycles. The minimum absolute atomic E-state index is 0.583. The molecule has 0 saturated carbocycles. The molecule has 5 heteroatoms. The third-order valence-electron chi connectivity index (χ3n) is 10.0. The number of rotatable bonds is 6. The lowest BCUT2D eigenvalue weighted by molar-refractivity contribution is 1.10. The van der Waals surface area contributed by atoms with Crippen molar-refractivity contribution in [3.63, 3.8) is 0 Å². The molecule has 9 rings (SSSR count). The van der Waals surface area contributed by atoms with Crippen molar-refractivity contribution in [3.05, 3.63) is 175 Å². The number of H-pyrrole nitrogens is 1. The third kappa shape index (κ3) is 5.26. The van der Waals surface area contributed by atoms with E-state index in [0.29, 0.717) is 5.56 Å². The summed E-state index contributed by atoms with van der Waals surface area (Å²) in [6, 6.07) is 54.5. The smallest absolute Gasteiger partial charge is 0.147 e. The number of nitrogens with one attached hydrogen (secondary N) is 1. The highest BCUT2D eigenvalue weighted by atomic mass is 15.1. The van der Waals surface area contributed by atoms with Crippen LogP contribution in [-0.4, -0.2) is 19.5 Å². The molecule has 9 aromatic rings. The zero-order valence-corrected chi connectivity index (χ0v) is 28.8. The van der Waals surface area contributed by atoms with E-state index in [2.05, 4.69) is 133 Å². The molecule has 0 radical (unpaired) electrons. The minimum Gasteiger partial charge on any atom is -0.358 e. The van der Waals surface area contributed by atoms with Crippen molar-refractivity contribution >= 4 is 21.9 Å². The molecule has 246 valence electrons. The number of benzene rings is 6. The van der Waals surface area contributed by atoms with E-state index in [-0.39, 0.29) is 0 Å². The molecule has 0 fully saturated rings. The molecule has 1 N–H and O–H groups in total. The summed E-state index contributed by atoms with van der Waals surface area (Å²) < 4.78 is 2.27. The van der Waals surface area contributed by atoms with Crippen LogP contribution in [0.3, 0.4) is 0 Å². The van der Waals surface area contributed by atoms with Gasteiger partial charge in [-0.25, -0.2) is 4.98 Å². The predicted octanol–water partition coefficient (Wildman–Crippen LogP) is 11.7. The van der Waals surface area contributed by atoms with Gasteiger partial charge in [0, 0.05) is 45.2 Å². The van der Waals surface area contributed by atoms with Crippen molar-refractivity contribution in [3.8, 4) is 67.8 Å². The molecule has 0 aliphatic heterocycles. The van der Waals surface area contributed by atoms with E-state index in [1.54, 1.807) is 0 Å². The fourth-order valence-corrected chi connectivity index (χ4v) is 7.30. The Balaban J connectivity index is 1.29. The second kappa shape index (κ2) is 12.7. The van der Waals surface area contributed by atoms with E-state index >= 15 is 0 Å². The Morgan fingerprint density at radius 2 is 1.25 bits per heavy atom. The Kier molecular flexibility index (Phi) is 7.56. The molecule has 0 aliphatic carbocycles. The van der Waals surface area contributed by atoms with Crippen molar-refractivity contribution in [2.24, 2.45) is 0 Å². The first kappa shape index (κ1) is 31.0. The van der Waals surface area contributed by atoms with E-state index in [4.69, 9.17) is 9.97 Å². The summed E-state index contributed by atoms with van der Waals surface area (Å²) in [6.45, 7) is 4.29. The van der Waals surface area contributed by atoms with Gasteiger partial charge in [-0.3, -0.25) is 9.55 Å². The topological polar surface area (TPSA) is 70.3 Å². The summed E-state index contributed by atoms with van der Waals surface area (Å²) in [6.07, 6.45) is 1.82. The number of aromatic nitrogens is 4. The van der Waals surface area contributed by atoms with Gasteiger partial charge in [0.1, 0.15) is 5.82 Å². The second-order valence-electron chi connectivity index (χ2n) is 13.1. The molecule has 0 amide bonds. The number of nitriles is 1. The first-order valence-corrected chi connectivity index (χ1v) is 17.4. The van der Waals surface area contributed by atoms with E-state index < -0.39 is 0 Å². The third-order valence-corrected chi connectivity index (χ3v) is 10.0. The van der Waals surface area contributed by atoms with Gasteiger partial charge in [-0.05, 0) is 90.2 Å². The Morgan fingerprint density at radius 3 is 2.00 bits per heavy atom. The van der Waals surface area contributed by atoms with Crippen molar-refractivity contribution in [2.75, 3.05) is 0 Å². The van der Waals surface area contributed by atoms with Gasteiger partial charge in [0.2, 0.25) is 0 Å². The van der Waals surface area contributed by atoms with Crippen LogP contribution < -0.4 is 0 Å². The standard InChI is InChI=1S/C47H33N5/c1-30-31(2)50-45-39(30)20-12-22-41(45)47-51-46-40(21-13-23-44(46)52(47)38-18-10-5-11-19-38)35-24-34(32-14-6-3-7-15-32)25-36(26-35)43-27-37(28-48)42(29-49-43)33-16-8-4-9-17-33/h3-27,29,50H,1-2H3. The van der Waals surface area contributed by atoms with E-state index in [1.165, 1.54) is 10.9 Å². The fraction of sp³-hybridized carbons (Fsp3) is 0.0426. The van der Waals surface area contributed by atoms with Crippen LogP contribution in [-0.2, 0) is 0 Å². The van der Waals surface area contributed by atoms with Crippen LogP contribution in [0, 0.1) is 25.2 Å². The average Bonchev–Trinajstić information content (AvgIpc) is 3.74. The van der Waals surface area contributed by atoms with E-state index in [9.17, 15) is 5.26 Å². The number of aromatic amines is 1. The van der Waals surface area contributed by atoms with Crippen molar-refractivity contribution < 1.29 is 0 Å². The fourth-order valence-electron chi connectivity index (χ4n) is 7.30. The summed E-state index contributed by atoms with van der Waals surface area (Å²) in [5.41, 5.74) is 15.7. The van der Waals surface area contributed by atoms with Crippen LogP contribution in [0.5, 0.6) is 0 Å². The minimum atomic E-state index is 0.583. The molecule has 3 heterocycles. The molecule has 6 aromatic carbocycles. The normalized spacial score (nSPS) is 11.2. The second-order valence-corrected chi connectivity index (χ2v) is 13.1. The summed E-state index contributed by atoms with van der Waals surface area (Å²) in [7, 11) is 0. The Labute approximate surface area is 302 Å². The van der Waals surface area contributed by atoms with Gasteiger partial charge in [0.15, 0.2) is 0 Å². The monoisotopic (exact) mass is 667 g/mol. The van der Waals surface area contributed by atoms with Crippen molar-refractivity contribution in [2.45, 2.75) is 13.8 Å². The van der Waals surface area contributed by atoms with Crippen LogP contribution in [0.1, 0.15) is 16.8 Å². The highest BCUT2D eigenvalue weighted by Crippen LogP contribution is 2.40. The Morgan fingerprint density at radius 1 is 0.596 bits per heavy atom.